The highest BCUT2D eigenvalue weighted by molar-refractivity contribution is 5.91. The predicted molar refractivity (Wildman–Crippen MR) is 103 cm³/mol. The second kappa shape index (κ2) is 6.00. The van der Waals surface area contributed by atoms with Crippen LogP contribution >= 0.6 is 0 Å². The summed E-state index contributed by atoms with van der Waals surface area (Å²) in [4.78, 5) is 11.9. The molecule has 0 radical (unpaired) electrons. The van der Waals surface area contributed by atoms with E-state index < -0.39 is 0 Å². The van der Waals surface area contributed by atoms with Gasteiger partial charge in [-0.3, -0.25) is 4.79 Å². The molecule has 0 heterocycles. The van der Waals surface area contributed by atoms with E-state index >= 15 is 0 Å². The fourth-order valence-electron chi connectivity index (χ4n) is 7.86. The summed E-state index contributed by atoms with van der Waals surface area (Å²) in [7, 11) is 0. The predicted octanol–water partition coefficient (Wildman–Crippen LogP) is 5.79. The molecule has 0 bridgehead atoms. The highest BCUT2D eigenvalue weighted by Crippen LogP contribution is 2.67. The highest BCUT2D eigenvalue weighted by atomic mass is 16.1. The SMILES string of the molecule is C#CCC(C)[C@H]1CCC2C3CCC4=CC(=O)CC[C@]4(C)C3CC[C@@]21C. The van der Waals surface area contributed by atoms with Crippen LogP contribution in [0.15, 0.2) is 11.6 Å². The van der Waals surface area contributed by atoms with Crippen LogP contribution in [0.5, 0.6) is 0 Å². The van der Waals surface area contributed by atoms with Crippen molar-refractivity contribution in [1.82, 2.24) is 0 Å². The molecular weight excluding hydrogens is 304 g/mol. The molecule has 136 valence electrons. The summed E-state index contributed by atoms with van der Waals surface area (Å²) in [6.45, 7) is 7.47. The van der Waals surface area contributed by atoms with Gasteiger partial charge in [0.2, 0.25) is 0 Å². The molecule has 0 aromatic rings. The Morgan fingerprint density at radius 2 is 1.96 bits per heavy atom. The Bertz CT molecular complexity index is 637. The van der Waals surface area contributed by atoms with Gasteiger partial charge in [0.25, 0.3) is 0 Å². The molecule has 7 atom stereocenters. The van der Waals surface area contributed by atoms with E-state index in [-0.39, 0.29) is 0 Å². The molecule has 3 saturated carbocycles. The van der Waals surface area contributed by atoms with Gasteiger partial charge in [0.05, 0.1) is 0 Å². The minimum Gasteiger partial charge on any atom is -0.295 e. The summed E-state index contributed by atoms with van der Waals surface area (Å²) in [6, 6.07) is 0. The second-order valence-electron chi connectivity index (χ2n) is 10.1. The molecule has 0 saturated heterocycles. The van der Waals surface area contributed by atoms with Crippen molar-refractivity contribution >= 4 is 5.78 Å². The summed E-state index contributed by atoms with van der Waals surface area (Å²) >= 11 is 0. The lowest BCUT2D eigenvalue weighted by molar-refractivity contribution is -0.117. The number of terminal acetylenes is 1. The molecule has 0 N–H and O–H groups in total. The molecule has 0 spiro atoms. The molecule has 25 heavy (non-hydrogen) atoms. The maximum Gasteiger partial charge on any atom is 0.155 e. The minimum atomic E-state index is 0.306. The van der Waals surface area contributed by atoms with Crippen LogP contribution in [0.2, 0.25) is 0 Å². The van der Waals surface area contributed by atoms with E-state index in [0.29, 0.717) is 22.5 Å². The second-order valence-corrected chi connectivity index (χ2v) is 10.1. The number of hydrogen-bond donors (Lipinski definition) is 0. The van der Waals surface area contributed by atoms with Crippen LogP contribution in [0.3, 0.4) is 0 Å². The Morgan fingerprint density at radius 3 is 2.72 bits per heavy atom. The number of rotatable bonds is 2. The van der Waals surface area contributed by atoms with Crippen molar-refractivity contribution in [1.29, 1.82) is 0 Å². The van der Waals surface area contributed by atoms with Crippen LogP contribution in [-0.2, 0) is 4.79 Å². The Balaban J connectivity index is 1.62. The Hall–Kier alpha value is -1.03. The zero-order chi connectivity index (χ0) is 17.8. The van der Waals surface area contributed by atoms with Crippen LogP contribution in [0.4, 0.5) is 0 Å². The monoisotopic (exact) mass is 338 g/mol. The van der Waals surface area contributed by atoms with Crippen molar-refractivity contribution in [2.45, 2.75) is 78.6 Å². The van der Waals surface area contributed by atoms with Crippen LogP contribution in [0.1, 0.15) is 78.6 Å². The molecule has 1 nitrogen and oxygen atoms in total. The van der Waals surface area contributed by atoms with Crippen molar-refractivity contribution in [3.8, 4) is 12.3 Å². The normalized spacial score (nSPS) is 47.1. The van der Waals surface area contributed by atoms with Crippen molar-refractivity contribution < 1.29 is 4.79 Å². The fraction of sp³-hybridized carbons (Fsp3) is 0.792. The van der Waals surface area contributed by atoms with Gasteiger partial charge < -0.3 is 0 Å². The van der Waals surface area contributed by atoms with Gasteiger partial charge in [0, 0.05) is 12.8 Å². The van der Waals surface area contributed by atoms with Gasteiger partial charge in [0.15, 0.2) is 5.78 Å². The topological polar surface area (TPSA) is 17.1 Å². The lowest BCUT2D eigenvalue weighted by atomic mass is 9.46. The third kappa shape index (κ3) is 2.47. The maximum absolute atomic E-state index is 11.9. The first-order valence-corrected chi connectivity index (χ1v) is 10.6. The van der Waals surface area contributed by atoms with E-state index in [4.69, 9.17) is 6.42 Å². The molecular formula is C24H34O. The van der Waals surface area contributed by atoms with Gasteiger partial charge in [0.1, 0.15) is 0 Å². The van der Waals surface area contributed by atoms with Crippen LogP contribution in [-0.4, -0.2) is 5.78 Å². The molecule has 4 aliphatic rings. The smallest absolute Gasteiger partial charge is 0.155 e. The van der Waals surface area contributed by atoms with E-state index in [1.165, 1.54) is 44.1 Å². The van der Waals surface area contributed by atoms with Gasteiger partial charge in [-0.25, -0.2) is 0 Å². The fourth-order valence-corrected chi connectivity index (χ4v) is 7.86. The van der Waals surface area contributed by atoms with Crippen LogP contribution < -0.4 is 0 Å². The average Bonchev–Trinajstić information content (AvgIpc) is 2.93. The largest absolute Gasteiger partial charge is 0.295 e. The van der Waals surface area contributed by atoms with E-state index in [1.54, 1.807) is 0 Å². The lowest BCUT2D eigenvalue weighted by Gasteiger charge is -2.58. The Labute approximate surface area is 154 Å². The summed E-state index contributed by atoms with van der Waals surface area (Å²) in [5, 5.41) is 0. The van der Waals surface area contributed by atoms with Crippen molar-refractivity contribution in [3.05, 3.63) is 11.6 Å². The number of ketones is 1. The quantitative estimate of drug-likeness (QED) is 0.582. The summed E-state index contributed by atoms with van der Waals surface area (Å²) in [5.74, 6) is 7.33. The maximum atomic E-state index is 11.9. The molecule has 4 aliphatic carbocycles. The summed E-state index contributed by atoms with van der Waals surface area (Å²) in [6.07, 6.45) is 18.5. The van der Waals surface area contributed by atoms with Gasteiger partial charge in [-0.2, -0.15) is 0 Å². The van der Waals surface area contributed by atoms with Gasteiger partial charge in [-0.1, -0.05) is 26.3 Å². The van der Waals surface area contributed by atoms with Gasteiger partial charge >= 0.3 is 0 Å². The lowest BCUT2D eigenvalue weighted by Crippen LogP contribution is -2.50. The third-order valence-electron chi connectivity index (χ3n) is 9.16. The number of carbonyl (C=O) groups excluding carboxylic acids is 1. The first-order chi connectivity index (χ1) is 11.9. The van der Waals surface area contributed by atoms with Gasteiger partial charge in [-0.15, -0.1) is 12.3 Å². The molecule has 0 aromatic heterocycles. The molecule has 4 rings (SSSR count). The zero-order valence-corrected chi connectivity index (χ0v) is 16.3. The Morgan fingerprint density at radius 1 is 1.16 bits per heavy atom. The zero-order valence-electron chi connectivity index (χ0n) is 16.3. The standard InChI is InChI=1S/C24H34O/c1-5-6-16(2)20-9-10-21-19-8-7-17-15-18(25)11-13-23(17,3)22(19)12-14-24(20,21)4/h1,15-16,19-22H,6-14H2,2-4H3/t16?,19?,20-,21?,22?,23+,24-/m1/s1. The summed E-state index contributed by atoms with van der Waals surface area (Å²) < 4.78 is 0. The molecule has 3 fully saturated rings. The van der Waals surface area contributed by atoms with Crippen molar-refractivity contribution in [2.24, 2.45) is 40.4 Å². The number of carbonyl (C=O) groups is 1. The molecule has 0 aliphatic heterocycles. The number of hydrogen-bond acceptors (Lipinski definition) is 1. The van der Waals surface area contributed by atoms with Crippen molar-refractivity contribution in [3.63, 3.8) is 0 Å². The minimum absolute atomic E-state index is 0.306. The molecule has 4 unspecified atom stereocenters. The Kier molecular flexibility index (Phi) is 4.18. The van der Waals surface area contributed by atoms with Crippen LogP contribution in [0.25, 0.3) is 0 Å². The highest BCUT2D eigenvalue weighted by Gasteiger charge is 2.59. The number of allylic oxidation sites excluding steroid dienone is 1. The van der Waals surface area contributed by atoms with Crippen molar-refractivity contribution in [2.75, 3.05) is 0 Å². The van der Waals surface area contributed by atoms with Crippen LogP contribution in [0, 0.1) is 52.8 Å². The summed E-state index contributed by atoms with van der Waals surface area (Å²) in [5.41, 5.74) is 2.30. The first-order valence-electron chi connectivity index (χ1n) is 10.6. The van der Waals surface area contributed by atoms with E-state index in [1.807, 2.05) is 6.08 Å². The molecule has 0 amide bonds. The molecule has 1 heteroatoms. The van der Waals surface area contributed by atoms with Gasteiger partial charge in [-0.05, 0) is 91.4 Å². The first kappa shape index (κ1) is 17.4. The average molecular weight is 339 g/mol. The third-order valence-corrected chi connectivity index (χ3v) is 9.16. The number of fused-ring (bicyclic) bond motifs is 5. The van der Waals surface area contributed by atoms with E-state index in [9.17, 15) is 4.79 Å². The molecule has 0 aromatic carbocycles. The van der Waals surface area contributed by atoms with E-state index in [2.05, 4.69) is 26.7 Å². The van der Waals surface area contributed by atoms with E-state index in [0.717, 1.165) is 42.9 Å².